The standard InChI is InChI=1S/C15H22F3N3O2/c1-2-22-10-5-8-20-14(19)21-9-11-23-13-7-4-3-6-12(13)15(16,17)18/h3-4,6-7H,2,5,8-11H2,1H3,(H3,19,20,21). The molecule has 5 nitrogen and oxygen atoms in total. The normalized spacial score (nSPS) is 12.3. The highest BCUT2D eigenvalue weighted by Crippen LogP contribution is 2.35. The fourth-order valence-electron chi connectivity index (χ4n) is 1.73. The molecule has 1 rings (SSSR count). The molecule has 0 radical (unpaired) electrons. The molecule has 0 amide bonds. The highest BCUT2D eigenvalue weighted by Gasteiger charge is 2.33. The van der Waals surface area contributed by atoms with Crippen LogP contribution in [0.15, 0.2) is 29.3 Å². The first kappa shape index (κ1) is 19.1. The lowest BCUT2D eigenvalue weighted by Crippen LogP contribution is -2.35. The number of alkyl halides is 3. The topological polar surface area (TPSA) is 68.9 Å². The molecule has 0 aliphatic heterocycles. The van der Waals surface area contributed by atoms with Gasteiger partial charge in [-0.15, -0.1) is 0 Å². The number of ether oxygens (including phenoxy) is 2. The van der Waals surface area contributed by atoms with Crippen LogP contribution in [0.4, 0.5) is 13.2 Å². The lowest BCUT2D eigenvalue weighted by atomic mass is 10.2. The van der Waals surface area contributed by atoms with Crippen molar-refractivity contribution >= 4 is 5.96 Å². The van der Waals surface area contributed by atoms with E-state index in [2.05, 4.69) is 10.3 Å². The molecule has 1 aromatic rings. The van der Waals surface area contributed by atoms with Crippen LogP contribution in [0.2, 0.25) is 0 Å². The molecule has 3 N–H and O–H groups in total. The molecule has 0 aromatic heterocycles. The molecule has 0 aliphatic rings. The van der Waals surface area contributed by atoms with Gasteiger partial charge in [0.05, 0.1) is 12.1 Å². The van der Waals surface area contributed by atoms with Gasteiger partial charge in [-0.3, -0.25) is 4.99 Å². The van der Waals surface area contributed by atoms with Gasteiger partial charge in [0, 0.05) is 19.8 Å². The van der Waals surface area contributed by atoms with Crippen molar-refractivity contribution in [1.82, 2.24) is 5.32 Å². The molecule has 0 atom stereocenters. The van der Waals surface area contributed by atoms with Crippen LogP contribution in [-0.2, 0) is 10.9 Å². The quantitative estimate of drug-likeness (QED) is 0.414. The van der Waals surface area contributed by atoms with Crippen LogP contribution in [0.5, 0.6) is 5.75 Å². The van der Waals surface area contributed by atoms with Crippen molar-refractivity contribution in [1.29, 1.82) is 0 Å². The second-order valence-corrected chi connectivity index (χ2v) is 4.59. The number of nitrogens with one attached hydrogen (secondary N) is 1. The second-order valence-electron chi connectivity index (χ2n) is 4.59. The summed E-state index contributed by atoms with van der Waals surface area (Å²) in [7, 11) is 0. The summed E-state index contributed by atoms with van der Waals surface area (Å²) in [6.07, 6.45) is -3.68. The van der Waals surface area contributed by atoms with Crippen molar-refractivity contribution in [3.05, 3.63) is 29.8 Å². The molecular weight excluding hydrogens is 311 g/mol. The minimum atomic E-state index is -4.44. The predicted molar refractivity (Wildman–Crippen MR) is 82.5 cm³/mol. The number of hydrogen-bond acceptors (Lipinski definition) is 3. The Labute approximate surface area is 133 Å². The van der Waals surface area contributed by atoms with Crippen molar-refractivity contribution in [3.63, 3.8) is 0 Å². The molecule has 0 bridgehead atoms. The van der Waals surface area contributed by atoms with Gasteiger partial charge in [-0.2, -0.15) is 13.2 Å². The van der Waals surface area contributed by atoms with Gasteiger partial charge in [0.15, 0.2) is 5.96 Å². The summed E-state index contributed by atoms with van der Waals surface area (Å²) in [5.41, 5.74) is 4.84. The highest BCUT2D eigenvalue weighted by molar-refractivity contribution is 5.77. The number of rotatable bonds is 9. The van der Waals surface area contributed by atoms with Crippen LogP contribution in [-0.4, -0.2) is 38.9 Å². The molecule has 0 fully saturated rings. The first-order valence-corrected chi connectivity index (χ1v) is 7.35. The van der Waals surface area contributed by atoms with Crippen molar-refractivity contribution < 1.29 is 22.6 Å². The molecule has 0 unspecified atom stereocenters. The van der Waals surface area contributed by atoms with Crippen molar-refractivity contribution in [2.75, 3.05) is 32.9 Å². The van der Waals surface area contributed by atoms with Crippen molar-refractivity contribution in [3.8, 4) is 5.75 Å². The van der Waals surface area contributed by atoms with E-state index in [4.69, 9.17) is 15.2 Å². The SMILES string of the molecule is CCOCCCN=C(N)NCCOc1ccccc1C(F)(F)F. The summed E-state index contributed by atoms with van der Waals surface area (Å²) in [6, 6.07) is 5.08. The van der Waals surface area contributed by atoms with Crippen molar-refractivity contribution in [2.45, 2.75) is 19.5 Å². The number of halogens is 3. The number of hydrogen-bond donors (Lipinski definition) is 2. The Morgan fingerprint density at radius 1 is 1.26 bits per heavy atom. The minimum Gasteiger partial charge on any atom is -0.491 e. The van der Waals surface area contributed by atoms with E-state index in [1.807, 2.05) is 6.92 Å². The Morgan fingerprint density at radius 3 is 2.70 bits per heavy atom. The summed E-state index contributed by atoms with van der Waals surface area (Å²) in [5.74, 6) is 0.0308. The van der Waals surface area contributed by atoms with Gasteiger partial charge in [0.25, 0.3) is 0 Å². The Balaban J connectivity index is 2.31. The molecular formula is C15H22F3N3O2. The highest BCUT2D eigenvalue weighted by atomic mass is 19.4. The molecule has 0 saturated heterocycles. The van der Waals surface area contributed by atoms with Crippen LogP contribution in [0, 0.1) is 0 Å². The third-order valence-electron chi connectivity index (χ3n) is 2.79. The summed E-state index contributed by atoms with van der Waals surface area (Å²) < 4.78 is 48.6. The number of benzene rings is 1. The maximum absolute atomic E-state index is 12.8. The third-order valence-corrected chi connectivity index (χ3v) is 2.79. The fraction of sp³-hybridized carbons (Fsp3) is 0.533. The first-order valence-electron chi connectivity index (χ1n) is 7.35. The van der Waals surface area contributed by atoms with Crippen LogP contribution < -0.4 is 15.8 Å². The van der Waals surface area contributed by atoms with E-state index in [1.165, 1.54) is 18.2 Å². The molecule has 8 heteroatoms. The lowest BCUT2D eigenvalue weighted by Gasteiger charge is -2.14. The molecule has 1 aromatic carbocycles. The number of guanidine groups is 1. The molecule has 0 heterocycles. The molecule has 23 heavy (non-hydrogen) atoms. The molecule has 0 aliphatic carbocycles. The van der Waals surface area contributed by atoms with E-state index in [1.54, 1.807) is 0 Å². The monoisotopic (exact) mass is 333 g/mol. The Hall–Kier alpha value is -1.96. The Morgan fingerprint density at radius 2 is 2.00 bits per heavy atom. The number of nitrogens with zero attached hydrogens (tertiary/aromatic N) is 1. The zero-order chi connectivity index (χ0) is 17.1. The van der Waals surface area contributed by atoms with E-state index < -0.39 is 11.7 Å². The van der Waals surface area contributed by atoms with Gasteiger partial charge >= 0.3 is 6.18 Å². The zero-order valence-electron chi connectivity index (χ0n) is 13.0. The van der Waals surface area contributed by atoms with E-state index in [0.717, 1.165) is 12.5 Å². The first-order chi connectivity index (χ1) is 10.9. The number of aliphatic imine (C=N–C) groups is 1. The van der Waals surface area contributed by atoms with E-state index in [9.17, 15) is 13.2 Å². The van der Waals surface area contributed by atoms with Gasteiger partial charge in [0.1, 0.15) is 12.4 Å². The summed E-state index contributed by atoms with van der Waals surface area (Å²) in [6.45, 7) is 4.01. The average molecular weight is 333 g/mol. The van der Waals surface area contributed by atoms with Crippen LogP contribution in [0.1, 0.15) is 18.9 Å². The summed E-state index contributed by atoms with van der Waals surface area (Å²) >= 11 is 0. The maximum atomic E-state index is 12.8. The maximum Gasteiger partial charge on any atom is 0.419 e. The lowest BCUT2D eigenvalue weighted by molar-refractivity contribution is -0.138. The molecule has 0 saturated carbocycles. The van der Waals surface area contributed by atoms with E-state index in [-0.39, 0.29) is 24.9 Å². The molecule has 0 spiro atoms. The smallest absolute Gasteiger partial charge is 0.419 e. The minimum absolute atomic E-state index is 0.0439. The van der Waals surface area contributed by atoms with E-state index in [0.29, 0.717) is 19.8 Å². The van der Waals surface area contributed by atoms with Crippen LogP contribution in [0.25, 0.3) is 0 Å². The Kier molecular flexibility index (Phi) is 8.25. The van der Waals surface area contributed by atoms with Gasteiger partial charge in [-0.25, -0.2) is 0 Å². The number of para-hydroxylation sites is 1. The summed E-state index contributed by atoms with van der Waals surface area (Å²) in [4.78, 5) is 4.07. The van der Waals surface area contributed by atoms with E-state index >= 15 is 0 Å². The molecule has 130 valence electrons. The van der Waals surface area contributed by atoms with Gasteiger partial charge in [-0.05, 0) is 25.5 Å². The Bertz CT molecular complexity index is 493. The van der Waals surface area contributed by atoms with Gasteiger partial charge in [-0.1, -0.05) is 12.1 Å². The largest absolute Gasteiger partial charge is 0.491 e. The van der Waals surface area contributed by atoms with Gasteiger partial charge < -0.3 is 20.5 Å². The third kappa shape index (κ3) is 7.73. The van der Waals surface area contributed by atoms with Crippen LogP contribution >= 0.6 is 0 Å². The fourth-order valence-corrected chi connectivity index (χ4v) is 1.73. The van der Waals surface area contributed by atoms with Crippen molar-refractivity contribution in [2.24, 2.45) is 10.7 Å². The number of nitrogens with two attached hydrogens (primary N) is 1. The predicted octanol–water partition coefficient (Wildman–Crippen LogP) is 2.42. The van der Waals surface area contributed by atoms with Crippen LogP contribution in [0.3, 0.4) is 0 Å². The second kappa shape index (κ2) is 9.94. The zero-order valence-corrected chi connectivity index (χ0v) is 13.0. The average Bonchev–Trinajstić information content (AvgIpc) is 2.51. The van der Waals surface area contributed by atoms with Gasteiger partial charge in [0.2, 0.25) is 0 Å². The summed E-state index contributed by atoms with van der Waals surface area (Å²) in [5, 5.41) is 2.78.